The number of benzene rings is 1. The molecule has 0 fully saturated rings. The zero-order valence-corrected chi connectivity index (χ0v) is 14.0. The number of anilines is 1. The van der Waals surface area contributed by atoms with Gasteiger partial charge in [-0.25, -0.2) is 13.2 Å². The Balaban J connectivity index is 1.90. The molecule has 0 radical (unpaired) electrons. The van der Waals surface area contributed by atoms with Gasteiger partial charge in [0.1, 0.15) is 5.00 Å². The fourth-order valence-electron chi connectivity index (χ4n) is 2.84. The second-order valence-corrected chi connectivity index (χ2v) is 8.39. The summed E-state index contributed by atoms with van der Waals surface area (Å²) in [5, 5.41) is 9.71. The van der Waals surface area contributed by atoms with Crippen molar-refractivity contribution in [2.45, 2.75) is 31.4 Å². The molecule has 2 aromatic rings. The first-order valence-corrected chi connectivity index (χ1v) is 9.85. The minimum Gasteiger partial charge on any atom is -0.478 e. The molecule has 0 amide bonds. The third-order valence-electron chi connectivity index (χ3n) is 3.83. The van der Waals surface area contributed by atoms with Gasteiger partial charge in [0.15, 0.2) is 0 Å². The highest BCUT2D eigenvalue weighted by molar-refractivity contribution is 7.92. The van der Waals surface area contributed by atoms with E-state index >= 15 is 0 Å². The number of nitrogens with one attached hydrogen (secondary N) is 1. The van der Waals surface area contributed by atoms with Gasteiger partial charge in [-0.05, 0) is 36.8 Å². The summed E-state index contributed by atoms with van der Waals surface area (Å²) in [5.41, 5.74) is 1.59. The monoisotopic (exact) mass is 351 g/mol. The van der Waals surface area contributed by atoms with E-state index in [2.05, 4.69) is 4.72 Å². The van der Waals surface area contributed by atoms with Crippen LogP contribution in [0.5, 0.6) is 0 Å². The van der Waals surface area contributed by atoms with Crippen LogP contribution >= 0.6 is 11.3 Å². The molecule has 0 atom stereocenters. The number of hydrogen-bond acceptors (Lipinski definition) is 4. The Morgan fingerprint density at radius 2 is 1.87 bits per heavy atom. The van der Waals surface area contributed by atoms with Crippen LogP contribution in [0.25, 0.3) is 0 Å². The van der Waals surface area contributed by atoms with E-state index in [1.54, 1.807) is 24.3 Å². The van der Waals surface area contributed by atoms with Crippen LogP contribution in [0.3, 0.4) is 0 Å². The lowest BCUT2D eigenvalue weighted by atomic mass is 9.96. The first kappa shape index (κ1) is 16.0. The van der Waals surface area contributed by atoms with E-state index < -0.39 is 16.0 Å². The number of rotatable bonds is 5. The summed E-state index contributed by atoms with van der Waals surface area (Å²) < 4.78 is 27.2. The predicted molar refractivity (Wildman–Crippen MR) is 90.6 cm³/mol. The van der Waals surface area contributed by atoms with Crippen molar-refractivity contribution in [1.29, 1.82) is 0 Å². The summed E-state index contributed by atoms with van der Waals surface area (Å²) in [5.74, 6) is -1.24. The van der Waals surface area contributed by atoms with Gasteiger partial charge in [0, 0.05) is 4.88 Å². The number of fused-ring (bicyclic) bond motifs is 1. The molecule has 0 aliphatic heterocycles. The maximum Gasteiger partial charge on any atom is 0.339 e. The first-order valence-electron chi connectivity index (χ1n) is 7.38. The molecule has 0 saturated carbocycles. The van der Waals surface area contributed by atoms with Crippen molar-refractivity contribution in [2.75, 3.05) is 4.72 Å². The van der Waals surface area contributed by atoms with Crippen LogP contribution in [0.1, 0.15) is 39.2 Å². The van der Waals surface area contributed by atoms with Gasteiger partial charge in [-0.15, -0.1) is 11.3 Å². The Kier molecular flexibility index (Phi) is 4.41. The van der Waals surface area contributed by atoms with Gasteiger partial charge in [-0.1, -0.05) is 30.3 Å². The lowest BCUT2D eigenvalue weighted by Gasteiger charge is -2.11. The number of thiophene rings is 1. The van der Waals surface area contributed by atoms with Gasteiger partial charge in [0.2, 0.25) is 10.0 Å². The molecular weight excluding hydrogens is 334 g/mol. The van der Waals surface area contributed by atoms with Crippen molar-refractivity contribution < 1.29 is 18.3 Å². The van der Waals surface area contributed by atoms with Gasteiger partial charge in [0.05, 0.1) is 11.3 Å². The lowest BCUT2D eigenvalue weighted by molar-refractivity contribution is 0.0697. The van der Waals surface area contributed by atoms with Crippen molar-refractivity contribution in [2.24, 2.45) is 0 Å². The highest BCUT2D eigenvalue weighted by atomic mass is 32.2. The minimum absolute atomic E-state index is 0.126. The predicted octanol–water partition coefficient (Wildman–Crippen LogP) is 3.27. The molecule has 0 bridgehead atoms. The summed E-state index contributed by atoms with van der Waals surface area (Å²) in [4.78, 5) is 12.6. The van der Waals surface area contributed by atoms with E-state index in [1.165, 1.54) is 11.3 Å². The molecule has 0 unspecified atom stereocenters. The molecule has 1 aliphatic rings. The van der Waals surface area contributed by atoms with Gasteiger partial charge in [0.25, 0.3) is 0 Å². The number of hydrogen-bond donors (Lipinski definition) is 2. The van der Waals surface area contributed by atoms with E-state index in [9.17, 15) is 18.3 Å². The molecule has 23 heavy (non-hydrogen) atoms. The summed E-state index contributed by atoms with van der Waals surface area (Å²) in [7, 11) is -3.65. The lowest BCUT2D eigenvalue weighted by Crippen LogP contribution is -2.16. The molecule has 1 heterocycles. The molecule has 1 aromatic heterocycles. The number of aromatic carboxylic acids is 1. The second kappa shape index (κ2) is 6.33. The topological polar surface area (TPSA) is 83.5 Å². The summed E-state index contributed by atoms with van der Waals surface area (Å²) in [6.45, 7) is 0. The van der Waals surface area contributed by atoms with Crippen molar-refractivity contribution in [1.82, 2.24) is 0 Å². The largest absolute Gasteiger partial charge is 0.478 e. The Morgan fingerprint density at radius 3 is 2.57 bits per heavy atom. The SMILES string of the molecule is O=C(O)c1c(NS(=O)(=O)Cc2ccccc2)sc2c1CCCC2. The van der Waals surface area contributed by atoms with Crippen LogP contribution in [-0.4, -0.2) is 19.5 Å². The Morgan fingerprint density at radius 1 is 1.17 bits per heavy atom. The molecule has 7 heteroatoms. The Hall–Kier alpha value is -1.86. The van der Waals surface area contributed by atoms with Gasteiger partial charge >= 0.3 is 5.97 Å². The fraction of sp³-hybridized carbons (Fsp3) is 0.312. The van der Waals surface area contributed by atoms with Crippen molar-refractivity contribution in [3.63, 3.8) is 0 Å². The molecule has 1 aromatic carbocycles. The van der Waals surface area contributed by atoms with Crippen molar-refractivity contribution >= 4 is 32.3 Å². The average molecular weight is 351 g/mol. The quantitative estimate of drug-likeness (QED) is 0.866. The molecule has 2 N–H and O–H groups in total. The van der Waals surface area contributed by atoms with Gasteiger partial charge in [-0.3, -0.25) is 4.72 Å². The normalized spacial score (nSPS) is 14.3. The number of sulfonamides is 1. The van der Waals surface area contributed by atoms with Gasteiger partial charge in [-0.2, -0.15) is 0 Å². The summed E-state index contributed by atoms with van der Waals surface area (Å²) in [6, 6.07) is 8.84. The minimum atomic E-state index is -3.65. The third-order valence-corrected chi connectivity index (χ3v) is 6.40. The van der Waals surface area contributed by atoms with E-state index in [4.69, 9.17) is 0 Å². The highest BCUT2D eigenvalue weighted by Crippen LogP contribution is 2.38. The summed E-state index contributed by atoms with van der Waals surface area (Å²) >= 11 is 1.26. The van der Waals surface area contributed by atoms with E-state index in [0.717, 1.165) is 29.7 Å². The number of carboxylic acid groups (broad SMARTS) is 1. The Labute approximate surface area is 139 Å². The Bertz CT molecular complexity index is 825. The number of carboxylic acids is 1. The van der Waals surface area contributed by atoms with Crippen LogP contribution in [0.15, 0.2) is 30.3 Å². The summed E-state index contributed by atoms with van der Waals surface area (Å²) in [6.07, 6.45) is 3.48. The zero-order valence-electron chi connectivity index (χ0n) is 12.4. The average Bonchev–Trinajstić information content (AvgIpc) is 2.84. The first-order chi connectivity index (χ1) is 11.0. The maximum absolute atomic E-state index is 12.4. The number of aryl methyl sites for hydroxylation is 1. The number of carbonyl (C=O) groups is 1. The molecule has 3 rings (SSSR count). The van der Waals surface area contributed by atoms with Crippen LogP contribution in [0, 0.1) is 0 Å². The molecule has 0 spiro atoms. The standard InChI is InChI=1S/C16H17NO4S2/c18-16(19)14-12-8-4-5-9-13(12)22-15(14)17-23(20,21)10-11-6-2-1-3-7-11/h1-3,6-7,17H,4-5,8-10H2,(H,18,19). The van der Waals surface area contributed by atoms with Gasteiger partial charge < -0.3 is 5.11 Å². The molecule has 1 aliphatic carbocycles. The van der Waals surface area contributed by atoms with Crippen LogP contribution in [-0.2, 0) is 28.6 Å². The van der Waals surface area contributed by atoms with Crippen molar-refractivity contribution in [3.8, 4) is 0 Å². The second-order valence-electron chi connectivity index (χ2n) is 5.57. The van der Waals surface area contributed by atoms with E-state index in [1.807, 2.05) is 6.07 Å². The van der Waals surface area contributed by atoms with Crippen LogP contribution in [0.2, 0.25) is 0 Å². The van der Waals surface area contributed by atoms with Crippen molar-refractivity contribution in [3.05, 3.63) is 51.9 Å². The molecule has 0 saturated heterocycles. The molecular formula is C16H17NO4S2. The highest BCUT2D eigenvalue weighted by Gasteiger charge is 2.27. The van der Waals surface area contributed by atoms with E-state index in [0.29, 0.717) is 12.0 Å². The van der Waals surface area contributed by atoms with Crippen LogP contribution in [0.4, 0.5) is 5.00 Å². The molecule has 5 nitrogen and oxygen atoms in total. The van der Waals surface area contributed by atoms with E-state index in [-0.39, 0.29) is 16.3 Å². The smallest absolute Gasteiger partial charge is 0.339 e. The van der Waals surface area contributed by atoms with Crippen LogP contribution < -0.4 is 4.72 Å². The third kappa shape index (κ3) is 3.56. The zero-order chi connectivity index (χ0) is 16.4. The fourth-order valence-corrected chi connectivity index (χ4v) is 5.60. The molecule has 122 valence electrons. The maximum atomic E-state index is 12.4.